The largest absolute Gasteiger partial charge is 0.364 e. The SMILES string of the molecule is NC(=O)c1nc(-c2ccc(F)cc2)cs1. The second-order valence-electron chi connectivity index (χ2n) is 2.91. The minimum atomic E-state index is -0.548. The molecule has 76 valence electrons. The van der Waals surface area contributed by atoms with Crippen molar-refractivity contribution in [1.29, 1.82) is 0 Å². The minimum Gasteiger partial charge on any atom is -0.364 e. The number of nitrogens with zero attached hydrogens (tertiary/aromatic N) is 1. The summed E-state index contributed by atoms with van der Waals surface area (Å²) in [4.78, 5) is 14.8. The maximum Gasteiger partial charge on any atom is 0.277 e. The van der Waals surface area contributed by atoms with E-state index in [1.165, 1.54) is 23.5 Å². The zero-order valence-corrected chi connectivity index (χ0v) is 8.42. The summed E-state index contributed by atoms with van der Waals surface area (Å²) in [5, 5.41) is 1.97. The molecule has 2 N–H and O–H groups in total. The normalized spacial score (nSPS) is 10.2. The molecule has 2 aromatic rings. The smallest absolute Gasteiger partial charge is 0.277 e. The maximum atomic E-state index is 12.6. The molecule has 0 aliphatic rings. The predicted molar refractivity (Wildman–Crippen MR) is 56.0 cm³/mol. The highest BCUT2D eigenvalue weighted by Crippen LogP contribution is 2.21. The lowest BCUT2D eigenvalue weighted by atomic mass is 10.2. The average Bonchev–Trinajstić information content (AvgIpc) is 2.68. The fourth-order valence-electron chi connectivity index (χ4n) is 1.14. The molecule has 0 bridgehead atoms. The first-order valence-corrected chi connectivity index (χ1v) is 5.06. The second kappa shape index (κ2) is 3.78. The van der Waals surface area contributed by atoms with Crippen LogP contribution in [0.1, 0.15) is 9.80 Å². The molecule has 0 fully saturated rings. The lowest BCUT2D eigenvalue weighted by molar-refractivity contribution is 0.1000. The Morgan fingerprint density at radius 2 is 2.00 bits per heavy atom. The first kappa shape index (κ1) is 9.79. The number of nitrogens with two attached hydrogens (primary N) is 1. The summed E-state index contributed by atoms with van der Waals surface area (Å²) in [5.41, 5.74) is 6.48. The molecule has 0 radical (unpaired) electrons. The first-order chi connectivity index (χ1) is 7.16. The van der Waals surface area contributed by atoms with Crippen LogP contribution in [0, 0.1) is 5.82 Å². The third-order valence-corrected chi connectivity index (χ3v) is 2.71. The Morgan fingerprint density at radius 1 is 1.33 bits per heavy atom. The Hall–Kier alpha value is -1.75. The van der Waals surface area contributed by atoms with Crippen LogP contribution < -0.4 is 5.73 Å². The minimum absolute atomic E-state index is 0.259. The van der Waals surface area contributed by atoms with Crippen LogP contribution in [-0.4, -0.2) is 10.9 Å². The third-order valence-electron chi connectivity index (χ3n) is 1.85. The summed E-state index contributed by atoms with van der Waals surface area (Å²) in [7, 11) is 0. The number of amides is 1. The molecule has 0 saturated heterocycles. The van der Waals surface area contributed by atoms with Crippen LogP contribution in [0.4, 0.5) is 4.39 Å². The van der Waals surface area contributed by atoms with E-state index in [1.54, 1.807) is 17.5 Å². The van der Waals surface area contributed by atoms with Crippen LogP contribution >= 0.6 is 11.3 Å². The molecule has 3 nitrogen and oxygen atoms in total. The van der Waals surface area contributed by atoms with Crippen molar-refractivity contribution in [2.24, 2.45) is 5.73 Å². The van der Waals surface area contributed by atoms with Gasteiger partial charge in [-0.15, -0.1) is 11.3 Å². The molecule has 0 unspecified atom stereocenters. The molecule has 0 spiro atoms. The van der Waals surface area contributed by atoms with Crippen LogP contribution in [0.2, 0.25) is 0 Å². The van der Waals surface area contributed by atoms with Gasteiger partial charge >= 0.3 is 0 Å². The first-order valence-electron chi connectivity index (χ1n) is 4.18. The fourth-order valence-corrected chi connectivity index (χ4v) is 1.82. The van der Waals surface area contributed by atoms with Crippen molar-refractivity contribution in [1.82, 2.24) is 4.98 Å². The van der Waals surface area contributed by atoms with E-state index in [-0.39, 0.29) is 10.8 Å². The van der Waals surface area contributed by atoms with E-state index >= 15 is 0 Å². The summed E-state index contributed by atoms with van der Waals surface area (Å²) < 4.78 is 12.6. The molecular formula is C10H7FN2OS. The van der Waals surface area contributed by atoms with Gasteiger partial charge in [-0.2, -0.15) is 0 Å². The Bertz CT molecular complexity index is 492. The van der Waals surface area contributed by atoms with Crippen molar-refractivity contribution in [2.45, 2.75) is 0 Å². The van der Waals surface area contributed by atoms with Gasteiger partial charge in [-0.05, 0) is 24.3 Å². The lowest BCUT2D eigenvalue weighted by Gasteiger charge is -1.94. The molecule has 0 saturated carbocycles. The Kier molecular flexibility index (Phi) is 2.47. The Morgan fingerprint density at radius 3 is 2.53 bits per heavy atom. The number of primary amides is 1. The van der Waals surface area contributed by atoms with Gasteiger partial charge in [-0.1, -0.05) is 0 Å². The van der Waals surface area contributed by atoms with E-state index in [0.29, 0.717) is 5.69 Å². The zero-order valence-electron chi connectivity index (χ0n) is 7.61. The van der Waals surface area contributed by atoms with Crippen molar-refractivity contribution in [2.75, 3.05) is 0 Å². The topological polar surface area (TPSA) is 56.0 Å². The van der Waals surface area contributed by atoms with E-state index in [4.69, 9.17) is 5.73 Å². The molecule has 1 aromatic carbocycles. The summed E-state index contributed by atoms with van der Waals surface area (Å²) in [6, 6.07) is 5.90. The van der Waals surface area contributed by atoms with Crippen molar-refractivity contribution in [3.8, 4) is 11.3 Å². The van der Waals surface area contributed by atoms with Crippen LogP contribution in [-0.2, 0) is 0 Å². The summed E-state index contributed by atoms with van der Waals surface area (Å²) in [6.45, 7) is 0. The molecule has 1 amide bonds. The second-order valence-corrected chi connectivity index (χ2v) is 3.77. The molecule has 0 aliphatic carbocycles. The highest BCUT2D eigenvalue weighted by Gasteiger charge is 2.08. The Labute approximate surface area is 89.4 Å². The van der Waals surface area contributed by atoms with Gasteiger partial charge < -0.3 is 5.73 Å². The maximum absolute atomic E-state index is 12.6. The van der Waals surface area contributed by atoms with E-state index in [9.17, 15) is 9.18 Å². The van der Waals surface area contributed by atoms with Crippen molar-refractivity contribution in [3.63, 3.8) is 0 Å². The van der Waals surface area contributed by atoms with Crippen molar-refractivity contribution in [3.05, 3.63) is 40.5 Å². The molecular weight excluding hydrogens is 215 g/mol. The van der Waals surface area contributed by atoms with Crippen molar-refractivity contribution < 1.29 is 9.18 Å². The van der Waals surface area contributed by atoms with Gasteiger partial charge in [0.25, 0.3) is 5.91 Å². The number of carbonyl (C=O) groups excluding carboxylic acids is 1. The zero-order chi connectivity index (χ0) is 10.8. The molecule has 2 rings (SSSR count). The third kappa shape index (κ3) is 2.02. The molecule has 0 aliphatic heterocycles. The number of benzene rings is 1. The molecule has 15 heavy (non-hydrogen) atoms. The summed E-state index contributed by atoms with van der Waals surface area (Å²) in [5.74, 6) is -0.850. The molecule has 1 aromatic heterocycles. The molecule has 1 heterocycles. The monoisotopic (exact) mass is 222 g/mol. The van der Waals surface area contributed by atoms with E-state index < -0.39 is 5.91 Å². The van der Waals surface area contributed by atoms with Gasteiger partial charge in [-0.3, -0.25) is 4.79 Å². The van der Waals surface area contributed by atoms with E-state index in [2.05, 4.69) is 4.98 Å². The number of carbonyl (C=O) groups is 1. The van der Waals surface area contributed by atoms with Crippen LogP contribution in [0.5, 0.6) is 0 Å². The number of aromatic nitrogens is 1. The standard InChI is InChI=1S/C10H7FN2OS/c11-7-3-1-6(2-4-7)8-5-15-10(13-8)9(12)14/h1-5H,(H2,12,14). The number of thiazole rings is 1. The van der Waals surface area contributed by atoms with Crippen LogP contribution in [0.15, 0.2) is 29.6 Å². The van der Waals surface area contributed by atoms with Gasteiger partial charge in [0.15, 0.2) is 5.01 Å². The summed E-state index contributed by atoms with van der Waals surface area (Å²) in [6.07, 6.45) is 0. The van der Waals surface area contributed by atoms with Gasteiger partial charge in [0.1, 0.15) is 5.82 Å². The Balaban J connectivity index is 2.37. The van der Waals surface area contributed by atoms with Crippen LogP contribution in [0.3, 0.4) is 0 Å². The van der Waals surface area contributed by atoms with E-state index in [0.717, 1.165) is 5.56 Å². The van der Waals surface area contributed by atoms with Crippen LogP contribution in [0.25, 0.3) is 11.3 Å². The molecule has 5 heteroatoms. The molecule has 0 atom stereocenters. The van der Waals surface area contributed by atoms with Gasteiger partial charge in [0.2, 0.25) is 0 Å². The quantitative estimate of drug-likeness (QED) is 0.845. The lowest BCUT2D eigenvalue weighted by Crippen LogP contribution is -2.10. The van der Waals surface area contributed by atoms with Gasteiger partial charge in [-0.25, -0.2) is 9.37 Å². The summed E-state index contributed by atoms with van der Waals surface area (Å²) >= 11 is 1.18. The number of hydrogen-bond donors (Lipinski definition) is 1. The fraction of sp³-hybridized carbons (Fsp3) is 0. The predicted octanol–water partition coefficient (Wildman–Crippen LogP) is 2.05. The van der Waals surface area contributed by atoms with Gasteiger partial charge in [0, 0.05) is 10.9 Å². The highest BCUT2D eigenvalue weighted by atomic mass is 32.1. The highest BCUT2D eigenvalue weighted by molar-refractivity contribution is 7.12. The van der Waals surface area contributed by atoms with Gasteiger partial charge in [0.05, 0.1) is 5.69 Å². The number of hydrogen-bond acceptors (Lipinski definition) is 3. The van der Waals surface area contributed by atoms with E-state index in [1.807, 2.05) is 0 Å². The number of rotatable bonds is 2. The van der Waals surface area contributed by atoms with Crippen molar-refractivity contribution >= 4 is 17.2 Å². The number of halogens is 1. The average molecular weight is 222 g/mol.